The third kappa shape index (κ3) is 3.84. The predicted octanol–water partition coefficient (Wildman–Crippen LogP) is 2.66. The summed E-state index contributed by atoms with van der Waals surface area (Å²) < 4.78 is 5.42. The Balaban J connectivity index is 1.84. The van der Waals surface area contributed by atoms with Crippen LogP contribution in [0.25, 0.3) is 0 Å². The maximum atomic E-state index is 11.9. The summed E-state index contributed by atoms with van der Waals surface area (Å²) in [5, 5.41) is 3.45. The molecule has 2 aromatic heterocycles. The Labute approximate surface area is 122 Å². The molecule has 0 aromatic carbocycles. The van der Waals surface area contributed by atoms with Crippen molar-refractivity contribution in [3.8, 4) is 0 Å². The molecule has 0 fully saturated rings. The Morgan fingerprint density at radius 2 is 2.30 bits per heavy atom. The molecular weight excluding hydrogens is 274 g/mol. The zero-order valence-electron chi connectivity index (χ0n) is 11.7. The molecule has 6 heteroatoms. The first-order chi connectivity index (χ1) is 9.56. The summed E-state index contributed by atoms with van der Waals surface area (Å²) >= 11 is 1.30. The van der Waals surface area contributed by atoms with Gasteiger partial charge in [-0.3, -0.25) is 9.78 Å². The molecule has 2 aromatic rings. The van der Waals surface area contributed by atoms with Crippen molar-refractivity contribution in [2.75, 3.05) is 5.75 Å². The van der Waals surface area contributed by atoms with E-state index < -0.39 is 0 Å². The molecule has 0 bridgehead atoms. The van der Waals surface area contributed by atoms with E-state index in [1.165, 1.54) is 11.8 Å². The standard InChI is InChI=1S/C14H17N3O2S/c1-9-11(3)19-14(17-9)20-8-13(18)16-10(2)12-5-4-6-15-7-12/h4-7,10H,8H2,1-3H3,(H,16,18)/t10-/m0/s1. The van der Waals surface area contributed by atoms with Crippen LogP contribution in [0, 0.1) is 13.8 Å². The summed E-state index contributed by atoms with van der Waals surface area (Å²) in [7, 11) is 0. The van der Waals surface area contributed by atoms with Gasteiger partial charge in [0.1, 0.15) is 5.76 Å². The van der Waals surface area contributed by atoms with E-state index in [2.05, 4.69) is 15.3 Å². The van der Waals surface area contributed by atoms with Gasteiger partial charge in [-0.25, -0.2) is 4.98 Å². The second kappa shape index (κ2) is 6.56. The quantitative estimate of drug-likeness (QED) is 0.858. The van der Waals surface area contributed by atoms with Gasteiger partial charge >= 0.3 is 0 Å². The predicted molar refractivity (Wildman–Crippen MR) is 77.5 cm³/mol. The van der Waals surface area contributed by atoms with Crippen molar-refractivity contribution in [1.82, 2.24) is 15.3 Å². The van der Waals surface area contributed by atoms with Crippen molar-refractivity contribution in [1.29, 1.82) is 0 Å². The average molecular weight is 291 g/mol. The lowest BCUT2D eigenvalue weighted by molar-refractivity contribution is -0.119. The van der Waals surface area contributed by atoms with Crippen molar-refractivity contribution in [2.45, 2.75) is 32.0 Å². The Hall–Kier alpha value is -1.82. The van der Waals surface area contributed by atoms with Crippen molar-refractivity contribution in [3.05, 3.63) is 41.5 Å². The highest BCUT2D eigenvalue weighted by molar-refractivity contribution is 7.99. The van der Waals surface area contributed by atoms with E-state index in [9.17, 15) is 4.79 Å². The Morgan fingerprint density at radius 1 is 1.50 bits per heavy atom. The Morgan fingerprint density at radius 3 is 2.90 bits per heavy atom. The highest BCUT2D eigenvalue weighted by Gasteiger charge is 2.12. The first-order valence-corrected chi connectivity index (χ1v) is 7.31. The van der Waals surface area contributed by atoms with Gasteiger partial charge in [0.05, 0.1) is 17.5 Å². The zero-order valence-corrected chi connectivity index (χ0v) is 12.5. The molecule has 2 rings (SSSR count). The number of thioether (sulfide) groups is 1. The van der Waals surface area contributed by atoms with Crippen LogP contribution in [-0.4, -0.2) is 21.6 Å². The Kier molecular flexibility index (Phi) is 4.79. The molecule has 0 saturated heterocycles. The first kappa shape index (κ1) is 14.6. The number of oxazole rings is 1. The normalized spacial score (nSPS) is 12.2. The van der Waals surface area contributed by atoms with Gasteiger partial charge in [0, 0.05) is 12.4 Å². The lowest BCUT2D eigenvalue weighted by atomic mass is 10.1. The second-order valence-corrected chi connectivity index (χ2v) is 5.41. The highest BCUT2D eigenvalue weighted by atomic mass is 32.2. The molecule has 0 aliphatic rings. The van der Waals surface area contributed by atoms with E-state index in [0.717, 1.165) is 17.0 Å². The first-order valence-electron chi connectivity index (χ1n) is 6.32. The fourth-order valence-electron chi connectivity index (χ4n) is 1.63. The Bertz CT molecular complexity index is 564. The number of nitrogens with zero attached hydrogens (tertiary/aromatic N) is 2. The second-order valence-electron chi connectivity index (χ2n) is 4.49. The van der Waals surface area contributed by atoms with Crippen molar-refractivity contribution < 1.29 is 9.21 Å². The highest BCUT2D eigenvalue weighted by Crippen LogP contribution is 2.20. The van der Waals surface area contributed by atoms with Crippen LogP contribution in [0.1, 0.15) is 30.0 Å². The molecule has 0 spiro atoms. The number of carbonyl (C=O) groups is 1. The summed E-state index contributed by atoms with van der Waals surface area (Å²) in [4.78, 5) is 20.1. The van der Waals surface area contributed by atoms with Crippen molar-refractivity contribution in [3.63, 3.8) is 0 Å². The lowest BCUT2D eigenvalue weighted by Gasteiger charge is -2.13. The van der Waals surface area contributed by atoms with E-state index in [4.69, 9.17) is 4.42 Å². The van der Waals surface area contributed by atoms with Crippen molar-refractivity contribution in [2.24, 2.45) is 0 Å². The van der Waals surface area contributed by atoms with Gasteiger partial charge in [0.15, 0.2) is 0 Å². The number of aromatic nitrogens is 2. The third-order valence-corrected chi connectivity index (χ3v) is 3.73. The van der Waals surface area contributed by atoms with Crippen LogP contribution in [0.5, 0.6) is 0 Å². The zero-order chi connectivity index (χ0) is 14.5. The van der Waals surface area contributed by atoms with E-state index in [1.54, 1.807) is 12.4 Å². The summed E-state index contributed by atoms with van der Waals surface area (Å²) in [6.45, 7) is 5.67. The maximum Gasteiger partial charge on any atom is 0.256 e. The molecule has 1 atom stereocenters. The largest absolute Gasteiger partial charge is 0.437 e. The van der Waals surface area contributed by atoms with Gasteiger partial charge in [-0.2, -0.15) is 0 Å². The molecule has 2 heterocycles. The number of rotatable bonds is 5. The van der Waals surface area contributed by atoms with E-state index in [1.807, 2.05) is 32.9 Å². The smallest absolute Gasteiger partial charge is 0.256 e. The van der Waals surface area contributed by atoms with Gasteiger partial charge in [-0.1, -0.05) is 17.8 Å². The van der Waals surface area contributed by atoms with E-state index >= 15 is 0 Å². The van der Waals surface area contributed by atoms with Crippen LogP contribution < -0.4 is 5.32 Å². The number of aryl methyl sites for hydroxylation is 2. The summed E-state index contributed by atoms with van der Waals surface area (Å²) in [6.07, 6.45) is 3.46. The molecule has 0 aliphatic heterocycles. The number of pyridine rings is 1. The van der Waals surface area contributed by atoms with Crippen LogP contribution in [0.15, 0.2) is 34.2 Å². The van der Waals surface area contributed by atoms with E-state index in [-0.39, 0.29) is 17.7 Å². The number of hydrogen-bond acceptors (Lipinski definition) is 5. The van der Waals surface area contributed by atoms with Gasteiger partial charge < -0.3 is 9.73 Å². The molecular formula is C14H17N3O2S. The van der Waals surface area contributed by atoms with Gasteiger partial charge in [0.2, 0.25) is 5.91 Å². The molecule has 1 N–H and O–H groups in total. The summed E-state index contributed by atoms with van der Waals surface area (Å²) in [5.41, 5.74) is 1.84. The number of amides is 1. The molecule has 0 aliphatic carbocycles. The summed E-state index contributed by atoms with van der Waals surface area (Å²) in [5.74, 6) is 1.01. The fraction of sp³-hybridized carbons (Fsp3) is 0.357. The number of nitrogens with one attached hydrogen (secondary N) is 1. The van der Waals surface area contributed by atoms with Crippen LogP contribution >= 0.6 is 11.8 Å². The molecule has 5 nitrogen and oxygen atoms in total. The number of hydrogen-bond donors (Lipinski definition) is 1. The van der Waals surface area contributed by atoms with Gasteiger partial charge in [0.25, 0.3) is 5.22 Å². The van der Waals surface area contributed by atoms with Crippen LogP contribution in [0.4, 0.5) is 0 Å². The average Bonchev–Trinajstić information content (AvgIpc) is 2.76. The summed E-state index contributed by atoms with van der Waals surface area (Å²) in [6, 6.07) is 3.72. The van der Waals surface area contributed by atoms with Crippen molar-refractivity contribution >= 4 is 17.7 Å². The molecule has 0 unspecified atom stereocenters. The molecule has 0 radical (unpaired) electrons. The fourth-order valence-corrected chi connectivity index (χ4v) is 2.35. The minimum absolute atomic E-state index is 0.0557. The van der Waals surface area contributed by atoms with Gasteiger partial charge in [-0.05, 0) is 32.4 Å². The maximum absolute atomic E-state index is 11.9. The van der Waals surface area contributed by atoms with E-state index in [0.29, 0.717) is 5.22 Å². The van der Waals surface area contributed by atoms with Gasteiger partial charge in [-0.15, -0.1) is 0 Å². The SMILES string of the molecule is Cc1nc(SCC(=O)N[C@@H](C)c2cccnc2)oc1C. The number of carbonyl (C=O) groups excluding carboxylic acids is 1. The molecule has 20 heavy (non-hydrogen) atoms. The molecule has 1 amide bonds. The molecule has 106 valence electrons. The molecule has 0 saturated carbocycles. The third-order valence-electron chi connectivity index (χ3n) is 2.90. The monoisotopic (exact) mass is 291 g/mol. The van der Waals surface area contributed by atoms with Crippen LogP contribution in [-0.2, 0) is 4.79 Å². The minimum atomic E-state index is -0.0650. The topological polar surface area (TPSA) is 68.0 Å². The van der Waals surface area contributed by atoms with Crippen LogP contribution in [0.3, 0.4) is 0 Å². The van der Waals surface area contributed by atoms with Crippen LogP contribution in [0.2, 0.25) is 0 Å². The minimum Gasteiger partial charge on any atom is -0.437 e. The lowest BCUT2D eigenvalue weighted by Crippen LogP contribution is -2.28.